The Morgan fingerprint density at radius 3 is 2.88 bits per heavy atom. The fourth-order valence-corrected chi connectivity index (χ4v) is 2.66. The van der Waals surface area contributed by atoms with E-state index in [1.54, 1.807) is 29.9 Å². The molecule has 0 amide bonds. The van der Waals surface area contributed by atoms with Gasteiger partial charge in [-0.15, -0.1) is 0 Å². The topological polar surface area (TPSA) is 110 Å². The maximum absolute atomic E-state index is 12.3. The molecule has 0 radical (unpaired) electrons. The van der Waals surface area contributed by atoms with Crippen molar-refractivity contribution in [1.82, 2.24) is 4.40 Å². The SMILES string of the molecule is CNc1ccc(C(=O)OCc2cn3ccccc3c2C#N)cc1[N+](=O)[O-]. The number of ether oxygens (including phenoxy) is 1. The van der Waals surface area contributed by atoms with Gasteiger partial charge < -0.3 is 14.5 Å². The number of nitro benzene ring substituents is 1. The first kappa shape index (κ1) is 17.0. The number of aromatic nitrogens is 1. The van der Waals surface area contributed by atoms with Gasteiger partial charge in [0.2, 0.25) is 0 Å². The van der Waals surface area contributed by atoms with E-state index in [4.69, 9.17) is 4.74 Å². The van der Waals surface area contributed by atoms with Crippen LogP contribution in [0, 0.1) is 21.4 Å². The maximum atomic E-state index is 12.3. The minimum absolute atomic E-state index is 0.0676. The molecule has 0 aliphatic carbocycles. The number of carbonyl (C=O) groups is 1. The molecular weight excluding hydrogens is 336 g/mol. The van der Waals surface area contributed by atoms with Gasteiger partial charge in [0.15, 0.2) is 0 Å². The zero-order chi connectivity index (χ0) is 18.7. The van der Waals surface area contributed by atoms with Gasteiger partial charge in [-0.1, -0.05) is 6.07 Å². The summed E-state index contributed by atoms with van der Waals surface area (Å²) in [4.78, 5) is 22.8. The van der Waals surface area contributed by atoms with Gasteiger partial charge in [-0.3, -0.25) is 10.1 Å². The van der Waals surface area contributed by atoms with Gasteiger partial charge in [0, 0.05) is 31.1 Å². The number of carbonyl (C=O) groups excluding carboxylic acids is 1. The lowest BCUT2D eigenvalue weighted by molar-refractivity contribution is -0.384. The van der Waals surface area contributed by atoms with E-state index in [1.807, 2.05) is 12.1 Å². The molecule has 130 valence electrons. The summed E-state index contributed by atoms with van der Waals surface area (Å²) in [5, 5.41) is 23.1. The van der Waals surface area contributed by atoms with E-state index >= 15 is 0 Å². The van der Waals surface area contributed by atoms with Crippen molar-refractivity contribution >= 4 is 22.9 Å². The van der Waals surface area contributed by atoms with E-state index < -0.39 is 10.9 Å². The molecule has 3 rings (SSSR count). The summed E-state index contributed by atoms with van der Waals surface area (Å²) >= 11 is 0. The van der Waals surface area contributed by atoms with Crippen LogP contribution >= 0.6 is 0 Å². The quantitative estimate of drug-likeness (QED) is 0.430. The number of esters is 1. The molecule has 2 aromatic heterocycles. The summed E-state index contributed by atoms with van der Waals surface area (Å²) in [7, 11) is 1.56. The smallest absolute Gasteiger partial charge is 0.338 e. The molecule has 3 aromatic rings. The predicted molar refractivity (Wildman–Crippen MR) is 93.9 cm³/mol. The van der Waals surface area contributed by atoms with E-state index in [-0.39, 0.29) is 17.9 Å². The van der Waals surface area contributed by atoms with Crippen LogP contribution in [0.3, 0.4) is 0 Å². The standard InChI is InChI=1S/C18H14N4O4/c1-20-15-6-5-12(8-17(15)22(24)25)18(23)26-11-13-10-21-7-3-2-4-16(21)14(13)9-19/h2-8,10,20H,11H2,1H3. The first-order chi connectivity index (χ1) is 12.5. The Bertz CT molecular complexity index is 1050. The lowest BCUT2D eigenvalue weighted by Gasteiger charge is -2.06. The number of fused-ring (bicyclic) bond motifs is 1. The number of nitro groups is 1. The summed E-state index contributed by atoms with van der Waals surface area (Å²) in [5.41, 5.74) is 1.86. The lowest BCUT2D eigenvalue weighted by atomic mass is 10.1. The number of nitriles is 1. The summed E-state index contributed by atoms with van der Waals surface area (Å²) in [6, 6.07) is 11.6. The van der Waals surface area contributed by atoms with E-state index in [0.29, 0.717) is 16.8 Å². The molecule has 0 aliphatic rings. The van der Waals surface area contributed by atoms with Crippen LogP contribution in [0.1, 0.15) is 21.5 Å². The number of nitrogens with one attached hydrogen (secondary N) is 1. The molecule has 0 spiro atoms. The Kier molecular flexibility index (Phi) is 4.53. The third-order valence-electron chi connectivity index (χ3n) is 3.93. The largest absolute Gasteiger partial charge is 0.457 e. The van der Waals surface area contributed by atoms with Gasteiger partial charge in [0.05, 0.1) is 21.6 Å². The van der Waals surface area contributed by atoms with Crippen molar-refractivity contribution in [2.24, 2.45) is 0 Å². The number of hydrogen-bond donors (Lipinski definition) is 1. The second kappa shape index (κ2) is 6.94. The molecule has 8 nitrogen and oxygen atoms in total. The minimum atomic E-state index is -0.699. The van der Waals surface area contributed by atoms with Crippen LogP contribution in [0.5, 0.6) is 0 Å². The molecule has 1 aromatic carbocycles. The van der Waals surface area contributed by atoms with Gasteiger partial charge in [-0.2, -0.15) is 5.26 Å². The molecular formula is C18H14N4O4. The zero-order valence-corrected chi connectivity index (χ0v) is 13.8. The van der Waals surface area contributed by atoms with E-state index in [1.165, 1.54) is 12.1 Å². The number of benzene rings is 1. The number of anilines is 1. The molecule has 2 heterocycles. The van der Waals surface area contributed by atoms with Gasteiger partial charge >= 0.3 is 5.97 Å². The highest BCUT2D eigenvalue weighted by Gasteiger charge is 2.18. The number of hydrogen-bond acceptors (Lipinski definition) is 6. The maximum Gasteiger partial charge on any atom is 0.338 e. The van der Waals surface area contributed by atoms with Crippen molar-refractivity contribution in [3.63, 3.8) is 0 Å². The van der Waals surface area contributed by atoms with Gasteiger partial charge in [0.1, 0.15) is 18.4 Å². The molecule has 26 heavy (non-hydrogen) atoms. The van der Waals surface area contributed by atoms with Crippen LogP contribution in [0.2, 0.25) is 0 Å². The van der Waals surface area contributed by atoms with Crippen LogP contribution in [-0.2, 0) is 11.3 Å². The molecule has 0 fully saturated rings. The van der Waals surface area contributed by atoms with Crippen LogP contribution < -0.4 is 5.32 Å². The number of rotatable bonds is 5. The molecule has 8 heteroatoms. The lowest BCUT2D eigenvalue weighted by Crippen LogP contribution is -2.07. The Morgan fingerprint density at radius 1 is 1.38 bits per heavy atom. The highest BCUT2D eigenvalue weighted by atomic mass is 16.6. The van der Waals surface area contributed by atoms with Crippen molar-refractivity contribution in [1.29, 1.82) is 5.26 Å². The summed E-state index contributed by atoms with van der Waals surface area (Å²) in [6.07, 6.45) is 3.51. The Morgan fingerprint density at radius 2 is 2.19 bits per heavy atom. The van der Waals surface area contributed by atoms with Gasteiger partial charge in [0.25, 0.3) is 5.69 Å². The van der Waals surface area contributed by atoms with Gasteiger partial charge in [-0.05, 0) is 24.3 Å². The van der Waals surface area contributed by atoms with Crippen molar-refractivity contribution in [3.05, 3.63) is 75.6 Å². The normalized spacial score (nSPS) is 10.3. The summed E-state index contributed by atoms with van der Waals surface area (Å²) in [6.45, 7) is -0.106. The predicted octanol–water partition coefficient (Wildman–Crippen LogP) is 3.12. The van der Waals surface area contributed by atoms with Crippen LogP contribution in [0.25, 0.3) is 5.52 Å². The van der Waals surface area contributed by atoms with Gasteiger partial charge in [-0.25, -0.2) is 4.79 Å². The Hall–Kier alpha value is -3.86. The fourth-order valence-electron chi connectivity index (χ4n) is 2.66. The first-order valence-electron chi connectivity index (χ1n) is 7.67. The van der Waals surface area contributed by atoms with Crippen LogP contribution in [0.15, 0.2) is 48.8 Å². The zero-order valence-electron chi connectivity index (χ0n) is 13.8. The third kappa shape index (κ3) is 3.06. The van der Waals surface area contributed by atoms with E-state index in [9.17, 15) is 20.2 Å². The van der Waals surface area contributed by atoms with Crippen LogP contribution in [0.4, 0.5) is 11.4 Å². The highest BCUT2D eigenvalue weighted by molar-refractivity contribution is 5.91. The molecule has 0 aliphatic heterocycles. The number of nitrogens with zero attached hydrogens (tertiary/aromatic N) is 3. The molecule has 0 bridgehead atoms. The van der Waals surface area contributed by atoms with Crippen LogP contribution in [-0.4, -0.2) is 22.3 Å². The summed E-state index contributed by atoms with van der Waals surface area (Å²) in [5.74, 6) is -0.699. The van der Waals surface area contributed by atoms with Crippen molar-refractivity contribution in [2.75, 3.05) is 12.4 Å². The molecule has 0 saturated heterocycles. The second-order valence-electron chi connectivity index (χ2n) is 5.45. The molecule has 1 N–H and O–H groups in total. The first-order valence-corrected chi connectivity index (χ1v) is 7.67. The molecule has 0 saturated carbocycles. The number of pyridine rings is 1. The van der Waals surface area contributed by atoms with Crippen molar-refractivity contribution in [2.45, 2.75) is 6.61 Å². The van der Waals surface area contributed by atoms with Crippen molar-refractivity contribution < 1.29 is 14.5 Å². The Labute approximate surface area is 148 Å². The fraction of sp³-hybridized carbons (Fsp3) is 0.111. The average molecular weight is 350 g/mol. The second-order valence-corrected chi connectivity index (χ2v) is 5.45. The molecule has 0 atom stereocenters. The van der Waals surface area contributed by atoms with Crippen molar-refractivity contribution in [3.8, 4) is 6.07 Å². The average Bonchev–Trinajstić information content (AvgIpc) is 3.02. The highest BCUT2D eigenvalue weighted by Crippen LogP contribution is 2.26. The minimum Gasteiger partial charge on any atom is -0.457 e. The monoisotopic (exact) mass is 350 g/mol. The third-order valence-corrected chi connectivity index (χ3v) is 3.93. The molecule has 0 unspecified atom stereocenters. The van der Waals surface area contributed by atoms with E-state index in [2.05, 4.69) is 11.4 Å². The summed E-state index contributed by atoms with van der Waals surface area (Å²) < 4.78 is 7.02. The Balaban J connectivity index is 1.83. The van der Waals surface area contributed by atoms with E-state index in [0.717, 1.165) is 11.6 Å².